The largest absolute Gasteiger partial charge is 0.346 e. The Morgan fingerprint density at radius 1 is 1.46 bits per heavy atom. The molecule has 0 aliphatic carbocycles. The Balaban J connectivity index is 1.53. The van der Waals surface area contributed by atoms with E-state index in [0.29, 0.717) is 30.4 Å². The number of H-pyrrole nitrogens is 1. The number of carbonyl (C=O) groups is 1. The van der Waals surface area contributed by atoms with Gasteiger partial charge in [-0.05, 0) is 24.8 Å². The van der Waals surface area contributed by atoms with Crippen LogP contribution < -0.4 is 5.32 Å². The predicted octanol–water partition coefficient (Wildman–Crippen LogP) is 2.42. The zero-order chi connectivity index (χ0) is 16.9. The van der Waals surface area contributed by atoms with Crippen molar-refractivity contribution in [2.75, 3.05) is 0 Å². The van der Waals surface area contributed by atoms with E-state index in [1.165, 1.54) is 0 Å². The minimum Gasteiger partial charge on any atom is -0.346 e. The molecule has 0 fully saturated rings. The highest BCUT2D eigenvalue weighted by atomic mass is 32.1. The predicted molar refractivity (Wildman–Crippen MR) is 88.2 cm³/mol. The molecule has 0 radical (unpaired) electrons. The normalized spacial score (nSPS) is 12.2. The molecule has 0 aromatic carbocycles. The number of thiophene rings is 1. The van der Waals surface area contributed by atoms with Crippen molar-refractivity contribution in [3.05, 3.63) is 35.1 Å². The highest BCUT2D eigenvalue weighted by Gasteiger charge is 2.18. The molecule has 3 aromatic heterocycles. The third kappa shape index (κ3) is 3.85. The van der Waals surface area contributed by atoms with Crippen LogP contribution in [0.3, 0.4) is 0 Å². The summed E-state index contributed by atoms with van der Waals surface area (Å²) in [5.74, 6) is 2.24. The van der Waals surface area contributed by atoms with Gasteiger partial charge < -0.3 is 9.84 Å². The Kier molecular flexibility index (Phi) is 4.99. The van der Waals surface area contributed by atoms with Crippen LogP contribution in [-0.2, 0) is 11.2 Å². The molecule has 0 saturated heterocycles. The molecular formula is C15H18N6O2S. The molecule has 0 bridgehead atoms. The maximum Gasteiger partial charge on any atom is 0.227 e. The summed E-state index contributed by atoms with van der Waals surface area (Å²) in [4.78, 5) is 21.7. The molecule has 2 N–H and O–H groups in total. The minimum absolute atomic E-state index is 0.0971. The standard InChI is InChI=1S/C15H18N6O2S/c1-3-10(14-16-9(2)19-20-14)17-12(22)6-7-13-18-15(21-23-13)11-5-4-8-24-11/h4-5,8,10H,3,6-7H2,1-2H3,(H,17,22)(H,16,19,20). The number of aryl methyl sites for hydroxylation is 2. The van der Waals surface area contributed by atoms with Crippen LogP contribution in [0.15, 0.2) is 22.0 Å². The number of carbonyl (C=O) groups excluding carboxylic acids is 1. The number of rotatable bonds is 7. The van der Waals surface area contributed by atoms with Crippen LogP contribution in [0.2, 0.25) is 0 Å². The second-order valence-electron chi connectivity index (χ2n) is 5.30. The lowest BCUT2D eigenvalue weighted by Crippen LogP contribution is -2.29. The van der Waals surface area contributed by atoms with Gasteiger partial charge in [-0.2, -0.15) is 10.1 Å². The van der Waals surface area contributed by atoms with Crippen LogP contribution in [-0.4, -0.2) is 31.2 Å². The topological polar surface area (TPSA) is 110 Å². The number of nitrogens with zero attached hydrogens (tertiary/aromatic N) is 4. The average Bonchev–Trinajstić information content (AvgIpc) is 3.31. The molecule has 0 aliphatic heterocycles. The van der Waals surface area contributed by atoms with Gasteiger partial charge in [0.15, 0.2) is 5.82 Å². The van der Waals surface area contributed by atoms with Crippen LogP contribution in [0.5, 0.6) is 0 Å². The van der Waals surface area contributed by atoms with Crippen molar-refractivity contribution in [3.63, 3.8) is 0 Å². The van der Waals surface area contributed by atoms with Gasteiger partial charge in [0.25, 0.3) is 0 Å². The fraction of sp³-hybridized carbons (Fsp3) is 0.400. The zero-order valence-electron chi connectivity index (χ0n) is 13.4. The molecule has 0 spiro atoms. The Labute approximate surface area is 142 Å². The SMILES string of the molecule is CCC(NC(=O)CCc1nc(-c2cccs2)no1)c1n[nH]c(C)n1. The highest BCUT2D eigenvalue weighted by molar-refractivity contribution is 7.13. The summed E-state index contributed by atoms with van der Waals surface area (Å²) in [6.45, 7) is 3.80. The first-order valence-corrected chi connectivity index (χ1v) is 8.58. The molecular weight excluding hydrogens is 328 g/mol. The summed E-state index contributed by atoms with van der Waals surface area (Å²) < 4.78 is 5.19. The first-order valence-electron chi connectivity index (χ1n) is 7.70. The van der Waals surface area contributed by atoms with Gasteiger partial charge in [-0.1, -0.05) is 18.1 Å². The monoisotopic (exact) mass is 346 g/mol. The van der Waals surface area contributed by atoms with E-state index in [1.54, 1.807) is 11.3 Å². The van der Waals surface area contributed by atoms with Crippen molar-refractivity contribution in [1.29, 1.82) is 0 Å². The smallest absolute Gasteiger partial charge is 0.227 e. The number of hydrogen-bond acceptors (Lipinski definition) is 7. The Morgan fingerprint density at radius 3 is 3.00 bits per heavy atom. The van der Waals surface area contributed by atoms with Gasteiger partial charge >= 0.3 is 0 Å². The maximum atomic E-state index is 12.1. The lowest BCUT2D eigenvalue weighted by atomic mass is 10.2. The molecule has 9 heteroatoms. The van der Waals surface area contributed by atoms with Crippen LogP contribution in [0.25, 0.3) is 10.7 Å². The number of hydrogen-bond donors (Lipinski definition) is 2. The second kappa shape index (κ2) is 7.35. The molecule has 24 heavy (non-hydrogen) atoms. The first kappa shape index (κ1) is 16.3. The van der Waals surface area contributed by atoms with Crippen LogP contribution in [0.4, 0.5) is 0 Å². The van der Waals surface area contributed by atoms with E-state index in [-0.39, 0.29) is 18.4 Å². The molecule has 3 rings (SSSR count). The number of amides is 1. The van der Waals surface area contributed by atoms with Gasteiger partial charge in [-0.25, -0.2) is 4.98 Å². The average molecular weight is 346 g/mol. The molecule has 8 nitrogen and oxygen atoms in total. The van der Waals surface area contributed by atoms with E-state index in [2.05, 4.69) is 30.6 Å². The number of nitrogens with one attached hydrogen (secondary N) is 2. The van der Waals surface area contributed by atoms with Gasteiger partial charge in [-0.15, -0.1) is 11.3 Å². The van der Waals surface area contributed by atoms with Gasteiger partial charge in [-0.3, -0.25) is 9.89 Å². The summed E-state index contributed by atoms with van der Waals surface area (Å²) in [5, 5.41) is 15.7. The Morgan fingerprint density at radius 2 is 2.33 bits per heavy atom. The molecule has 3 aromatic rings. The van der Waals surface area contributed by atoms with Crippen molar-refractivity contribution in [2.45, 2.75) is 39.2 Å². The molecule has 3 heterocycles. The molecule has 1 atom stereocenters. The third-order valence-electron chi connectivity index (χ3n) is 3.45. The number of aromatic nitrogens is 5. The van der Waals surface area contributed by atoms with Crippen molar-refractivity contribution < 1.29 is 9.32 Å². The first-order chi connectivity index (χ1) is 11.7. The summed E-state index contributed by atoms with van der Waals surface area (Å²) in [5.41, 5.74) is 0. The maximum absolute atomic E-state index is 12.1. The zero-order valence-corrected chi connectivity index (χ0v) is 14.3. The van der Waals surface area contributed by atoms with Gasteiger partial charge in [0.2, 0.25) is 17.6 Å². The molecule has 1 amide bonds. The molecule has 0 saturated carbocycles. The minimum atomic E-state index is -0.202. The van der Waals surface area contributed by atoms with Crippen molar-refractivity contribution in [1.82, 2.24) is 30.6 Å². The van der Waals surface area contributed by atoms with E-state index in [4.69, 9.17) is 4.52 Å². The van der Waals surface area contributed by atoms with Crippen LogP contribution >= 0.6 is 11.3 Å². The summed E-state index contributed by atoms with van der Waals surface area (Å²) >= 11 is 1.54. The summed E-state index contributed by atoms with van der Waals surface area (Å²) in [6, 6.07) is 3.66. The van der Waals surface area contributed by atoms with E-state index in [0.717, 1.165) is 10.7 Å². The van der Waals surface area contributed by atoms with E-state index >= 15 is 0 Å². The lowest BCUT2D eigenvalue weighted by molar-refractivity contribution is -0.122. The lowest BCUT2D eigenvalue weighted by Gasteiger charge is -2.13. The van der Waals surface area contributed by atoms with E-state index in [9.17, 15) is 4.79 Å². The van der Waals surface area contributed by atoms with Gasteiger partial charge in [0.1, 0.15) is 5.82 Å². The van der Waals surface area contributed by atoms with Gasteiger partial charge in [0.05, 0.1) is 10.9 Å². The summed E-state index contributed by atoms with van der Waals surface area (Å²) in [6.07, 6.45) is 1.38. The fourth-order valence-electron chi connectivity index (χ4n) is 2.21. The number of aromatic amines is 1. The Bertz CT molecular complexity index is 795. The van der Waals surface area contributed by atoms with Gasteiger partial charge in [0, 0.05) is 12.8 Å². The Hall–Kier alpha value is -2.55. The van der Waals surface area contributed by atoms with Crippen LogP contribution in [0, 0.1) is 6.92 Å². The third-order valence-corrected chi connectivity index (χ3v) is 4.31. The van der Waals surface area contributed by atoms with Crippen molar-refractivity contribution in [2.24, 2.45) is 0 Å². The van der Waals surface area contributed by atoms with E-state index < -0.39 is 0 Å². The summed E-state index contributed by atoms with van der Waals surface area (Å²) in [7, 11) is 0. The molecule has 1 unspecified atom stereocenters. The quantitative estimate of drug-likeness (QED) is 0.680. The van der Waals surface area contributed by atoms with Crippen molar-refractivity contribution >= 4 is 17.2 Å². The van der Waals surface area contributed by atoms with Crippen molar-refractivity contribution in [3.8, 4) is 10.7 Å². The molecule has 126 valence electrons. The highest BCUT2D eigenvalue weighted by Crippen LogP contribution is 2.21. The van der Waals surface area contributed by atoms with E-state index in [1.807, 2.05) is 31.4 Å². The molecule has 0 aliphatic rings. The second-order valence-corrected chi connectivity index (χ2v) is 6.24. The fourth-order valence-corrected chi connectivity index (χ4v) is 2.86. The van der Waals surface area contributed by atoms with Crippen LogP contribution in [0.1, 0.15) is 43.3 Å².